The Morgan fingerprint density at radius 3 is 2.93 bits per heavy atom. The molecule has 8 nitrogen and oxygen atoms in total. The Bertz CT molecular complexity index is 759. The van der Waals surface area contributed by atoms with E-state index in [4.69, 9.17) is 4.74 Å². The molecule has 0 radical (unpaired) electrons. The maximum absolute atomic E-state index is 5.47. The van der Waals surface area contributed by atoms with Gasteiger partial charge in [-0.15, -0.1) is 34.2 Å². The van der Waals surface area contributed by atoms with E-state index in [0.29, 0.717) is 6.04 Å². The minimum atomic E-state index is 0. The molecule has 2 saturated heterocycles. The molecule has 4 rings (SSSR count). The lowest BCUT2D eigenvalue weighted by atomic mass is 10.2. The number of aromatic nitrogens is 3. The molecule has 1 unspecified atom stereocenters. The van der Waals surface area contributed by atoms with Crippen molar-refractivity contribution in [3.05, 3.63) is 30.2 Å². The van der Waals surface area contributed by atoms with Crippen LogP contribution in [0.25, 0.3) is 5.65 Å². The Morgan fingerprint density at radius 1 is 1.26 bits per heavy atom. The number of nitrogens with zero attached hydrogens (tertiary/aromatic N) is 6. The summed E-state index contributed by atoms with van der Waals surface area (Å²) in [7, 11) is 1.86. The van der Waals surface area contributed by atoms with Crippen LogP contribution < -0.4 is 5.32 Å². The molecule has 0 aliphatic carbocycles. The maximum atomic E-state index is 5.47. The molecule has 9 heteroatoms. The molecule has 0 spiro atoms. The van der Waals surface area contributed by atoms with Crippen molar-refractivity contribution in [1.82, 2.24) is 29.7 Å². The summed E-state index contributed by atoms with van der Waals surface area (Å²) in [5.41, 5.74) is 0.889. The van der Waals surface area contributed by atoms with Gasteiger partial charge in [-0.2, -0.15) is 0 Å². The van der Waals surface area contributed by atoms with Gasteiger partial charge in [0.1, 0.15) is 5.82 Å². The van der Waals surface area contributed by atoms with Crippen LogP contribution >= 0.6 is 24.0 Å². The number of aliphatic imine (C=N–C) groups is 1. The van der Waals surface area contributed by atoms with Crippen molar-refractivity contribution < 1.29 is 4.74 Å². The lowest BCUT2D eigenvalue weighted by Gasteiger charge is -2.32. The minimum Gasteiger partial charge on any atom is -0.379 e. The molecule has 0 saturated carbocycles. The Kier molecular flexibility index (Phi) is 7.25. The fourth-order valence-electron chi connectivity index (χ4n) is 3.85. The standard InChI is InChI=1S/C18H27N7O.HI/c1-19-18(24-9-6-15(14-24)23-10-12-26-13-11-23)20-7-5-17-22-21-16-4-2-3-8-25(16)17;/h2-4,8,15H,5-7,9-14H2,1H3,(H,19,20);1H. The lowest BCUT2D eigenvalue weighted by molar-refractivity contribution is 0.0195. The molecule has 0 amide bonds. The highest BCUT2D eigenvalue weighted by atomic mass is 127. The normalized spacial score (nSPS) is 21.4. The second-order valence-electron chi connectivity index (χ2n) is 6.81. The third kappa shape index (κ3) is 4.69. The first-order chi connectivity index (χ1) is 12.8. The first-order valence-corrected chi connectivity index (χ1v) is 9.41. The van der Waals surface area contributed by atoms with Crippen LogP contribution in [0.3, 0.4) is 0 Å². The molecular weight excluding hydrogens is 457 g/mol. The van der Waals surface area contributed by atoms with Crippen molar-refractivity contribution in [2.24, 2.45) is 4.99 Å². The van der Waals surface area contributed by atoms with E-state index in [1.807, 2.05) is 35.8 Å². The molecule has 1 atom stereocenters. The molecule has 27 heavy (non-hydrogen) atoms. The van der Waals surface area contributed by atoms with Gasteiger partial charge in [-0.1, -0.05) is 6.07 Å². The quantitative estimate of drug-likeness (QED) is 0.394. The van der Waals surface area contributed by atoms with Gasteiger partial charge in [-0.25, -0.2) is 0 Å². The highest BCUT2D eigenvalue weighted by Crippen LogP contribution is 2.17. The Morgan fingerprint density at radius 2 is 2.11 bits per heavy atom. The average Bonchev–Trinajstić information content (AvgIpc) is 3.34. The fourth-order valence-corrected chi connectivity index (χ4v) is 3.85. The van der Waals surface area contributed by atoms with Gasteiger partial charge in [0.15, 0.2) is 11.6 Å². The van der Waals surface area contributed by atoms with Crippen molar-refractivity contribution >= 4 is 35.6 Å². The van der Waals surface area contributed by atoms with E-state index >= 15 is 0 Å². The SMILES string of the molecule is CN=C(NCCc1nnc2ccccn12)N1CCC(N2CCOCC2)C1.I. The van der Waals surface area contributed by atoms with E-state index in [9.17, 15) is 0 Å². The Hall–Kier alpha value is -1.46. The number of guanidine groups is 1. The van der Waals surface area contributed by atoms with Gasteiger partial charge in [0.05, 0.1) is 13.2 Å². The smallest absolute Gasteiger partial charge is 0.193 e. The van der Waals surface area contributed by atoms with Crippen molar-refractivity contribution in [3.8, 4) is 0 Å². The molecule has 148 valence electrons. The van der Waals surface area contributed by atoms with Crippen LogP contribution in [0.15, 0.2) is 29.4 Å². The number of halogens is 1. The predicted octanol–water partition coefficient (Wildman–Crippen LogP) is 0.872. The monoisotopic (exact) mass is 485 g/mol. The van der Waals surface area contributed by atoms with Gasteiger partial charge in [0, 0.05) is 58.4 Å². The topological polar surface area (TPSA) is 70.3 Å². The van der Waals surface area contributed by atoms with Crippen LogP contribution in [0.4, 0.5) is 0 Å². The number of hydrogen-bond acceptors (Lipinski definition) is 5. The zero-order valence-corrected chi connectivity index (χ0v) is 18.1. The zero-order valence-electron chi connectivity index (χ0n) is 15.8. The van der Waals surface area contributed by atoms with Crippen molar-refractivity contribution in [3.63, 3.8) is 0 Å². The van der Waals surface area contributed by atoms with Gasteiger partial charge in [-0.3, -0.25) is 14.3 Å². The largest absolute Gasteiger partial charge is 0.379 e. The minimum absolute atomic E-state index is 0. The van der Waals surface area contributed by atoms with Gasteiger partial charge in [0.2, 0.25) is 0 Å². The van der Waals surface area contributed by atoms with E-state index in [0.717, 1.165) is 69.8 Å². The summed E-state index contributed by atoms with van der Waals surface area (Å²) in [6.45, 7) is 6.69. The molecule has 2 aliphatic heterocycles. The molecule has 0 bridgehead atoms. The number of morpholine rings is 1. The fraction of sp³-hybridized carbons (Fsp3) is 0.611. The van der Waals surface area contributed by atoms with Gasteiger partial charge >= 0.3 is 0 Å². The molecule has 1 N–H and O–H groups in total. The third-order valence-electron chi connectivity index (χ3n) is 5.25. The highest BCUT2D eigenvalue weighted by molar-refractivity contribution is 14.0. The van der Waals surface area contributed by atoms with E-state index in [1.165, 1.54) is 6.42 Å². The summed E-state index contributed by atoms with van der Waals surface area (Å²) in [6.07, 6.45) is 4.01. The average molecular weight is 485 g/mol. The van der Waals surface area contributed by atoms with E-state index in [1.54, 1.807) is 0 Å². The zero-order chi connectivity index (χ0) is 17.8. The van der Waals surface area contributed by atoms with Crippen molar-refractivity contribution in [1.29, 1.82) is 0 Å². The van der Waals surface area contributed by atoms with Crippen LogP contribution in [0.1, 0.15) is 12.2 Å². The number of fused-ring (bicyclic) bond motifs is 1. The number of likely N-dealkylation sites (tertiary alicyclic amines) is 1. The molecule has 2 aliphatic rings. The molecule has 2 aromatic heterocycles. The third-order valence-corrected chi connectivity index (χ3v) is 5.25. The van der Waals surface area contributed by atoms with Crippen molar-refractivity contribution in [2.75, 3.05) is 53.0 Å². The van der Waals surface area contributed by atoms with Crippen LogP contribution in [0.5, 0.6) is 0 Å². The molecule has 2 fully saturated rings. The summed E-state index contributed by atoms with van der Waals surface area (Å²) >= 11 is 0. The predicted molar refractivity (Wildman–Crippen MR) is 116 cm³/mol. The second-order valence-corrected chi connectivity index (χ2v) is 6.81. The van der Waals surface area contributed by atoms with Gasteiger partial charge < -0.3 is 15.0 Å². The van der Waals surface area contributed by atoms with Crippen molar-refractivity contribution in [2.45, 2.75) is 18.9 Å². The maximum Gasteiger partial charge on any atom is 0.193 e. The summed E-state index contributed by atoms with van der Waals surface area (Å²) in [6, 6.07) is 6.56. The number of ether oxygens (including phenoxy) is 1. The Labute approximate surface area is 177 Å². The molecular formula is C18H28IN7O. The summed E-state index contributed by atoms with van der Waals surface area (Å²) in [5, 5.41) is 12.0. The summed E-state index contributed by atoms with van der Waals surface area (Å²) in [5.74, 6) is 1.95. The van der Waals surface area contributed by atoms with Crippen LogP contribution in [-0.2, 0) is 11.2 Å². The second kappa shape index (κ2) is 9.65. The first-order valence-electron chi connectivity index (χ1n) is 9.41. The van der Waals surface area contributed by atoms with Crippen LogP contribution in [-0.4, -0.2) is 89.4 Å². The number of nitrogens with one attached hydrogen (secondary N) is 1. The number of rotatable bonds is 4. The van der Waals surface area contributed by atoms with E-state index in [2.05, 4.69) is 30.3 Å². The lowest BCUT2D eigenvalue weighted by Crippen LogP contribution is -2.47. The van der Waals surface area contributed by atoms with Gasteiger partial charge in [0.25, 0.3) is 0 Å². The summed E-state index contributed by atoms with van der Waals surface area (Å²) < 4.78 is 7.51. The molecule has 4 heterocycles. The number of pyridine rings is 1. The van der Waals surface area contributed by atoms with Gasteiger partial charge in [-0.05, 0) is 18.6 Å². The summed E-state index contributed by atoms with van der Waals surface area (Å²) in [4.78, 5) is 9.39. The van der Waals surface area contributed by atoms with E-state index in [-0.39, 0.29) is 24.0 Å². The van der Waals surface area contributed by atoms with Crippen LogP contribution in [0.2, 0.25) is 0 Å². The molecule has 2 aromatic rings. The number of hydrogen-bond donors (Lipinski definition) is 1. The van der Waals surface area contributed by atoms with E-state index < -0.39 is 0 Å². The molecule has 0 aromatic carbocycles. The van der Waals surface area contributed by atoms with Crippen LogP contribution in [0, 0.1) is 0 Å². The Balaban J connectivity index is 0.00000210. The first kappa shape index (κ1) is 20.3. The highest BCUT2D eigenvalue weighted by Gasteiger charge is 2.30.